The van der Waals surface area contributed by atoms with E-state index in [1.165, 1.54) is 37.0 Å². The molecular weight excluding hydrogens is 344 g/mol. The number of aliphatic imine (C=N–C) groups is 1. The van der Waals surface area contributed by atoms with E-state index in [2.05, 4.69) is 45.0 Å². The normalized spacial score (nSPS) is 22.8. The van der Waals surface area contributed by atoms with Crippen LogP contribution in [0.4, 0.5) is 0 Å². The van der Waals surface area contributed by atoms with Gasteiger partial charge in [0, 0.05) is 49.6 Å². The van der Waals surface area contributed by atoms with Crippen LogP contribution in [-0.2, 0) is 4.74 Å². The molecular formula is C20H34N4OS. The van der Waals surface area contributed by atoms with Crippen LogP contribution in [0.2, 0.25) is 0 Å². The van der Waals surface area contributed by atoms with Crippen molar-refractivity contribution in [2.75, 3.05) is 46.4 Å². The van der Waals surface area contributed by atoms with Gasteiger partial charge in [-0.2, -0.15) is 0 Å². The molecule has 3 rings (SSSR count). The minimum atomic E-state index is 0.263. The van der Waals surface area contributed by atoms with Crippen LogP contribution in [0.1, 0.15) is 49.8 Å². The van der Waals surface area contributed by atoms with Gasteiger partial charge < -0.3 is 15.4 Å². The smallest absolute Gasteiger partial charge is 0.191 e. The molecule has 2 aliphatic rings. The van der Waals surface area contributed by atoms with E-state index in [1.54, 1.807) is 0 Å². The third kappa shape index (κ3) is 4.99. The molecule has 2 heterocycles. The predicted octanol–water partition coefficient (Wildman–Crippen LogP) is 3.05. The van der Waals surface area contributed by atoms with Gasteiger partial charge in [-0.15, -0.1) is 11.3 Å². The second-order valence-electron chi connectivity index (χ2n) is 7.61. The van der Waals surface area contributed by atoms with Crippen LogP contribution in [-0.4, -0.2) is 62.8 Å². The zero-order valence-corrected chi connectivity index (χ0v) is 17.1. The average Bonchev–Trinajstić information content (AvgIpc) is 3.24. The lowest BCUT2D eigenvalue weighted by atomic mass is 9.80. The maximum Gasteiger partial charge on any atom is 0.191 e. The van der Waals surface area contributed by atoms with E-state index in [1.807, 2.05) is 18.4 Å². The van der Waals surface area contributed by atoms with E-state index in [0.29, 0.717) is 5.92 Å². The molecule has 5 nitrogen and oxygen atoms in total. The summed E-state index contributed by atoms with van der Waals surface area (Å²) in [7, 11) is 1.87. The van der Waals surface area contributed by atoms with Crippen molar-refractivity contribution < 1.29 is 4.74 Å². The summed E-state index contributed by atoms with van der Waals surface area (Å²) in [5, 5.41) is 9.30. The summed E-state index contributed by atoms with van der Waals surface area (Å²) in [6.07, 6.45) is 6.60. The molecule has 0 spiro atoms. The Morgan fingerprint density at radius 1 is 1.27 bits per heavy atom. The van der Waals surface area contributed by atoms with Crippen molar-refractivity contribution in [2.45, 2.75) is 50.5 Å². The first-order chi connectivity index (χ1) is 12.7. The SMILES string of the molecule is CN=C(NCC(C)c1cccs1)NCC1(N2CCOCC2)CCCCC1. The van der Waals surface area contributed by atoms with E-state index in [9.17, 15) is 0 Å². The largest absolute Gasteiger partial charge is 0.379 e. The number of thiophene rings is 1. The Kier molecular flexibility index (Phi) is 7.34. The molecule has 1 aromatic heterocycles. The summed E-state index contributed by atoms with van der Waals surface area (Å²) >= 11 is 1.83. The highest BCUT2D eigenvalue weighted by molar-refractivity contribution is 7.10. The first kappa shape index (κ1) is 19.6. The fraction of sp³-hybridized carbons (Fsp3) is 0.750. The number of rotatable bonds is 6. The first-order valence-corrected chi connectivity index (χ1v) is 10.9. The highest BCUT2D eigenvalue weighted by atomic mass is 32.1. The third-order valence-electron chi connectivity index (χ3n) is 5.88. The lowest BCUT2D eigenvalue weighted by Crippen LogP contribution is -2.60. The molecule has 0 aromatic carbocycles. The summed E-state index contributed by atoms with van der Waals surface area (Å²) in [6, 6.07) is 4.33. The van der Waals surface area contributed by atoms with Crippen LogP contribution in [0, 0.1) is 0 Å². The van der Waals surface area contributed by atoms with Gasteiger partial charge in [0.1, 0.15) is 0 Å². The molecule has 1 saturated heterocycles. The van der Waals surface area contributed by atoms with Gasteiger partial charge in [-0.25, -0.2) is 0 Å². The van der Waals surface area contributed by atoms with Crippen LogP contribution >= 0.6 is 11.3 Å². The Balaban J connectivity index is 1.54. The number of hydrogen-bond donors (Lipinski definition) is 2. The van der Waals surface area contributed by atoms with Crippen molar-refractivity contribution in [3.63, 3.8) is 0 Å². The van der Waals surface area contributed by atoms with Crippen LogP contribution < -0.4 is 10.6 Å². The molecule has 26 heavy (non-hydrogen) atoms. The zero-order chi connectivity index (χ0) is 18.2. The molecule has 0 radical (unpaired) electrons. The minimum absolute atomic E-state index is 0.263. The molecule has 1 aliphatic heterocycles. The number of nitrogens with zero attached hydrogens (tertiary/aromatic N) is 2. The van der Waals surface area contributed by atoms with E-state index >= 15 is 0 Å². The van der Waals surface area contributed by atoms with E-state index < -0.39 is 0 Å². The van der Waals surface area contributed by atoms with Crippen LogP contribution in [0.3, 0.4) is 0 Å². The molecule has 2 N–H and O–H groups in total. The zero-order valence-electron chi connectivity index (χ0n) is 16.3. The molecule has 1 aliphatic carbocycles. The quantitative estimate of drug-likeness (QED) is 0.590. The summed E-state index contributed by atoms with van der Waals surface area (Å²) < 4.78 is 5.59. The fourth-order valence-electron chi connectivity index (χ4n) is 4.24. The Morgan fingerprint density at radius 2 is 2.04 bits per heavy atom. The Hall–Kier alpha value is -1.11. The maximum atomic E-state index is 5.59. The Morgan fingerprint density at radius 3 is 2.69 bits per heavy atom. The van der Waals surface area contributed by atoms with Gasteiger partial charge in [0.25, 0.3) is 0 Å². The van der Waals surface area contributed by atoms with Crippen LogP contribution in [0.25, 0.3) is 0 Å². The minimum Gasteiger partial charge on any atom is -0.379 e. The molecule has 6 heteroatoms. The molecule has 1 atom stereocenters. The third-order valence-corrected chi connectivity index (χ3v) is 6.98. The van der Waals surface area contributed by atoms with E-state index in [0.717, 1.165) is 45.4 Å². The van der Waals surface area contributed by atoms with Gasteiger partial charge in [-0.05, 0) is 24.3 Å². The summed E-state index contributed by atoms with van der Waals surface area (Å²) in [4.78, 5) is 8.55. The highest BCUT2D eigenvalue weighted by Gasteiger charge is 2.38. The number of morpholine rings is 1. The fourth-order valence-corrected chi connectivity index (χ4v) is 5.03. The van der Waals surface area contributed by atoms with E-state index in [-0.39, 0.29) is 5.54 Å². The van der Waals surface area contributed by atoms with Gasteiger partial charge >= 0.3 is 0 Å². The van der Waals surface area contributed by atoms with Crippen molar-refractivity contribution in [3.05, 3.63) is 22.4 Å². The van der Waals surface area contributed by atoms with Crippen LogP contribution in [0.5, 0.6) is 0 Å². The lowest BCUT2D eigenvalue weighted by molar-refractivity contribution is -0.0352. The number of nitrogens with one attached hydrogen (secondary N) is 2. The van der Waals surface area contributed by atoms with Crippen molar-refractivity contribution >= 4 is 17.3 Å². The van der Waals surface area contributed by atoms with Crippen molar-refractivity contribution in [1.29, 1.82) is 0 Å². The monoisotopic (exact) mass is 378 g/mol. The Bertz CT molecular complexity index is 548. The number of guanidine groups is 1. The topological polar surface area (TPSA) is 48.9 Å². The van der Waals surface area contributed by atoms with Gasteiger partial charge in [0.15, 0.2) is 5.96 Å². The Labute approximate surface area is 162 Å². The molecule has 2 fully saturated rings. The first-order valence-electron chi connectivity index (χ1n) is 10.0. The van der Waals surface area contributed by atoms with Gasteiger partial charge in [-0.3, -0.25) is 9.89 Å². The number of ether oxygens (including phenoxy) is 1. The summed E-state index contributed by atoms with van der Waals surface area (Å²) in [5.41, 5.74) is 0.263. The maximum absolute atomic E-state index is 5.59. The van der Waals surface area contributed by atoms with Gasteiger partial charge in [-0.1, -0.05) is 32.3 Å². The molecule has 1 unspecified atom stereocenters. The summed E-state index contributed by atoms with van der Waals surface area (Å²) in [5.74, 6) is 1.42. The second-order valence-corrected chi connectivity index (χ2v) is 8.59. The number of hydrogen-bond acceptors (Lipinski definition) is 4. The van der Waals surface area contributed by atoms with Crippen LogP contribution in [0.15, 0.2) is 22.5 Å². The van der Waals surface area contributed by atoms with Gasteiger partial charge in [0.05, 0.1) is 13.2 Å². The lowest BCUT2D eigenvalue weighted by Gasteiger charge is -2.48. The second kappa shape index (κ2) is 9.72. The molecule has 1 aromatic rings. The van der Waals surface area contributed by atoms with Crippen molar-refractivity contribution in [3.8, 4) is 0 Å². The molecule has 0 bridgehead atoms. The molecule has 1 saturated carbocycles. The summed E-state index contributed by atoms with van der Waals surface area (Å²) in [6.45, 7) is 8.00. The molecule has 0 amide bonds. The van der Waals surface area contributed by atoms with Crippen molar-refractivity contribution in [2.24, 2.45) is 4.99 Å². The predicted molar refractivity (Wildman–Crippen MR) is 110 cm³/mol. The van der Waals surface area contributed by atoms with Crippen molar-refractivity contribution in [1.82, 2.24) is 15.5 Å². The van der Waals surface area contributed by atoms with E-state index in [4.69, 9.17) is 4.74 Å². The highest BCUT2D eigenvalue weighted by Crippen LogP contribution is 2.33. The average molecular weight is 379 g/mol. The standard InChI is InChI=1S/C20H34N4OS/c1-17(18-7-6-14-26-18)15-22-19(21-2)23-16-20(8-4-3-5-9-20)24-10-12-25-13-11-24/h6-7,14,17H,3-5,8-13,15-16H2,1-2H3,(H2,21,22,23). The van der Waals surface area contributed by atoms with Gasteiger partial charge in [0.2, 0.25) is 0 Å². The molecule has 146 valence electrons.